The molecule has 1 aliphatic heterocycles. The van der Waals surface area contributed by atoms with Crippen LogP contribution < -0.4 is 5.32 Å². The molecule has 0 spiro atoms. The van der Waals surface area contributed by atoms with Gasteiger partial charge >= 0.3 is 5.97 Å². The van der Waals surface area contributed by atoms with E-state index in [4.69, 9.17) is 0 Å². The van der Waals surface area contributed by atoms with Crippen molar-refractivity contribution in [2.75, 3.05) is 5.32 Å². The number of rotatable bonds is 2. The summed E-state index contributed by atoms with van der Waals surface area (Å²) in [5.41, 5.74) is 1.71. The van der Waals surface area contributed by atoms with E-state index in [1.54, 1.807) is 18.5 Å². The van der Waals surface area contributed by atoms with E-state index in [0.717, 1.165) is 17.1 Å². The molecule has 0 radical (unpaired) electrons. The van der Waals surface area contributed by atoms with Gasteiger partial charge in [-0.05, 0) is 23.2 Å². The summed E-state index contributed by atoms with van der Waals surface area (Å²) < 4.78 is 3.75. The molecule has 0 amide bonds. The highest BCUT2D eigenvalue weighted by atomic mass is 32.1. The second kappa shape index (κ2) is 4.19. The first kappa shape index (κ1) is 10.8. The van der Waals surface area contributed by atoms with Gasteiger partial charge in [0, 0.05) is 12.6 Å². The van der Waals surface area contributed by atoms with Gasteiger partial charge in [0.2, 0.25) is 0 Å². The van der Waals surface area contributed by atoms with Crippen molar-refractivity contribution in [1.29, 1.82) is 0 Å². The van der Waals surface area contributed by atoms with Crippen molar-refractivity contribution in [3.05, 3.63) is 40.5 Å². The lowest BCUT2D eigenvalue weighted by Gasteiger charge is -2.20. The summed E-state index contributed by atoms with van der Waals surface area (Å²) in [6, 6.07) is 3.65. The molecule has 0 atom stereocenters. The molecule has 0 aromatic carbocycles. The molecule has 3 rings (SSSR count). The van der Waals surface area contributed by atoms with Crippen molar-refractivity contribution in [1.82, 2.24) is 14.6 Å². The summed E-state index contributed by atoms with van der Waals surface area (Å²) in [6.45, 7) is 0. The topological polar surface area (TPSA) is 88.0 Å². The third kappa shape index (κ3) is 1.74. The number of nitrogens with one attached hydrogen (secondary N) is 1. The van der Waals surface area contributed by atoms with Crippen LogP contribution in [-0.2, 0) is 11.2 Å². The van der Waals surface area contributed by atoms with Crippen LogP contribution in [0.4, 0.5) is 5.82 Å². The number of anilines is 1. The first-order valence-corrected chi connectivity index (χ1v) is 5.98. The van der Waals surface area contributed by atoms with E-state index in [1.165, 1.54) is 0 Å². The zero-order valence-corrected chi connectivity index (χ0v) is 9.94. The molecule has 90 valence electrons. The minimum atomic E-state index is -0.944. The summed E-state index contributed by atoms with van der Waals surface area (Å²) in [5.74, 6) is -0.258. The first-order chi connectivity index (χ1) is 8.75. The Morgan fingerprint density at radius 3 is 3.11 bits per heavy atom. The number of pyridine rings is 1. The van der Waals surface area contributed by atoms with Crippen molar-refractivity contribution in [2.45, 2.75) is 6.42 Å². The minimum Gasteiger partial charge on any atom is -0.478 e. The molecule has 3 heterocycles. The molecular formula is C11H8N4O2S. The van der Waals surface area contributed by atoms with Crippen molar-refractivity contribution in [2.24, 2.45) is 0 Å². The average Bonchev–Trinajstić information content (AvgIpc) is 2.91. The Bertz CT molecular complexity index is 636. The Kier molecular flexibility index (Phi) is 2.52. The summed E-state index contributed by atoms with van der Waals surface area (Å²) in [7, 11) is 0. The largest absolute Gasteiger partial charge is 0.478 e. The summed E-state index contributed by atoms with van der Waals surface area (Å²) in [4.78, 5) is 16.2. The predicted molar refractivity (Wildman–Crippen MR) is 66.0 cm³/mol. The molecule has 2 aromatic heterocycles. The lowest BCUT2D eigenvalue weighted by Crippen LogP contribution is -2.18. The van der Waals surface area contributed by atoms with Crippen molar-refractivity contribution >= 4 is 29.0 Å². The van der Waals surface area contributed by atoms with Gasteiger partial charge in [-0.2, -0.15) is 0 Å². The zero-order chi connectivity index (χ0) is 12.5. The fraction of sp³-hybridized carbons (Fsp3) is 0.0909. The van der Waals surface area contributed by atoms with Gasteiger partial charge in [-0.25, -0.2) is 9.78 Å². The standard InChI is InChI=1S/C11H8N4O2S/c16-11(17)7-4-6-2-1-3-12-10(6)14-9(7)8-5-13-15-18-8/h1-3,5H,4H2,(H,12,14)(H,16,17). The Balaban J connectivity index is 2.11. The monoisotopic (exact) mass is 260 g/mol. The molecule has 7 heteroatoms. The number of carboxylic acid groups (broad SMARTS) is 1. The molecule has 2 N–H and O–H groups in total. The van der Waals surface area contributed by atoms with Gasteiger partial charge in [-0.3, -0.25) is 0 Å². The molecule has 6 nitrogen and oxygen atoms in total. The Morgan fingerprint density at radius 1 is 1.50 bits per heavy atom. The normalized spacial score (nSPS) is 14.0. The van der Waals surface area contributed by atoms with Gasteiger partial charge < -0.3 is 10.4 Å². The maximum atomic E-state index is 11.3. The lowest BCUT2D eigenvalue weighted by atomic mass is 9.99. The zero-order valence-electron chi connectivity index (χ0n) is 9.12. The molecule has 0 bridgehead atoms. The lowest BCUT2D eigenvalue weighted by molar-refractivity contribution is -0.132. The smallest absolute Gasteiger partial charge is 0.334 e. The van der Waals surface area contributed by atoms with Crippen LogP contribution in [0.1, 0.15) is 10.4 Å². The third-order valence-corrected chi connectivity index (χ3v) is 3.35. The van der Waals surface area contributed by atoms with E-state index in [1.807, 2.05) is 6.07 Å². The van der Waals surface area contributed by atoms with Crippen LogP contribution in [0.25, 0.3) is 5.70 Å². The van der Waals surface area contributed by atoms with Crippen molar-refractivity contribution < 1.29 is 9.90 Å². The Morgan fingerprint density at radius 2 is 2.39 bits per heavy atom. The summed E-state index contributed by atoms with van der Waals surface area (Å²) in [6.07, 6.45) is 3.56. The maximum absolute atomic E-state index is 11.3. The number of hydrogen-bond donors (Lipinski definition) is 2. The summed E-state index contributed by atoms with van der Waals surface area (Å²) in [5, 5.41) is 16.1. The molecule has 1 aliphatic rings. The van der Waals surface area contributed by atoms with E-state index in [2.05, 4.69) is 19.9 Å². The molecule has 18 heavy (non-hydrogen) atoms. The van der Waals surface area contributed by atoms with Gasteiger partial charge in [0.25, 0.3) is 0 Å². The van der Waals surface area contributed by atoms with Crippen LogP contribution >= 0.6 is 11.5 Å². The molecule has 0 saturated heterocycles. The number of hydrogen-bond acceptors (Lipinski definition) is 6. The first-order valence-electron chi connectivity index (χ1n) is 5.21. The van der Waals surface area contributed by atoms with E-state index >= 15 is 0 Å². The minimum absolute atomic E-state index is 0.307. The molecule has 0 aliphatic carbocycles. The highest BCUT2D eigenvalue weighted by Crippen LogP contribution is 2.31. The Hall–Kier alpha value is -2.28. The van der Waals surface area contributed by atoms with Crippen LogP contribution in [-0.4, -0.2) is 25.6 Å². The van der Waals surface area contributed by atoms with Crippen molar-refractivity contribution in [3.8, 4) is 0 Å². The molecular weight excluding hydrogens is 252 g/mol. The van der Waals surface area contributed by atoms with Gasteiger partial charge in [0.1, 0.15) is 5.82 Å². The van der Waals surface area contributed by atoms with E-state index in [-0.39, 0.29) is 0 Å². The number of carbonyl (C=O) groups is 1. The van der Waals surface area contributed by atoms with Gasteiger partial charge in [0.05, 0.1) is 22.3 Å². The second-order valence-electron chi connectivity index (χ2n) is 3.75. The van der Waals surface area contributed by atoms with Crippen molar-refractivity contribution in [3.63, 3.8) is 0 Å². The van der Waals surface area contributed by atoms with Crippen LogP contribution in [0.5, 0.6) is 0 Å². The highest BCUT2D eigenvalue weighted by molar-refractivity contribution is 7.06. The summed E-state index contributed by atoms with van der Waals surface area (Å²) >= 11 is 1.15. The van der Waals surface area contributed by atoms with Gasteiger partial charge in [0.15, 0.2) is 0 Å². The number of aromatic nitrogens is 3. The van der Waals surface area contributed by atoms with Crippen LogP contribution in [0.3, 0.4) is 0 Å². The molecule has 0 fully saturated rings. The maximum Gasteiger partial charge on any atom is 0.334 e. The number of carboxylic acids is 1. The van der Waals surface area contributed by atoms with Crippen LogP contribution in [0.2, 0.25) is 0 Å². The van der Waals surface area contributed by atoms with Gasteiger partial charge in [-0.1, -0.05) is 10.6 Å². The molecule has 2 aromatic rings. The Labute approximate surface area is 106 Å². The SMILES string of the molecule is O=C(O)C1=C(c2cnns2)Nc2ncccc2C1. The van der Waals surface area contributed by atoms with Crippen LogP contribution in [0, 0.1) is 0 Å². The quantitative estimate of drug-likeness (QED) is 0.848. The fourth-order valence-electron chi connectivity index (χ4n) is 1.84. The van der Waals surface area contributed by atoms with E-state index in [9.17, 15) is 9.90 Å². The van der Waals surface area contributed by atoms with E-state index < -0.39 is 5.97 Å². The molecule has 0 unspecified atom stereocenters. The second-order valence-corrected chi connectivity index (χ2v) is 4.54. The fourth-order valence-corrected chi connectivity index (χ4v) is 2.38. The van der Waals surface area contributed by atoms with Gasteiger partial charge in [-0.15, -0.1) is 5.10 Å². The third-order valence-electron chi connectivity index (χ3n) is 2.67. The number of fused-ring (bicyclic) bond motifs is 1. The number of aliphatic carboxylic acids is 1. The van der Waals surface area contributed by atoms with E-state index in [0.29, 0.717) is 28.4 Å². The average molecular weight is 260 g/mol. The predicted octanol–water partition coefficient (Wildman–Crippen LogP) is 1.40. The molecule has 0 saturated carbocycles. The highest BCUT2D eigenvalue weighted by Gasteiger charge is 2.24. The number of nitrogens with zero attached hydrogens (tertiary/aromatic N) is 3. The van der Waals surface area contributed by atoms with Crippen LogP contribution in [0.15, 0.2) is 30.1 Å².